The molecule has 10 heteroatoms. The molecule has 3 aromatic rings. The van der Waals surface area contributed by atoms with Gasteiger partial charge in [-0.1, -0.05) is 52.6 Å². The van der Waals surface area contributed by atoms with Crippen LogP contribution in [-0.4, -0.2) is 32.1 Å². The average Bonchev–Trinajstić information content (AvgIpc) is 3.14. The van der Waals surface area contributed by atoms with E-state index in [1.54, 1.807) is 37.3 Å². The first-order valence-electron chi connectivity index (χ1n) is 8.99. The van der Waals surface area contributed by atoms with Crippen LogP contribution in [0.2, 0.25) is 15.1 Å². The molecule has 0 spiro atoms. The highest BCUT2D eigenvalue weighted by atomic mass is 35.5. The molecule has 1 N–H and O–H groups in total. The van der Waals surface area contributed by atoms with E-state index in [-0.39, 0.29) is 11.7 Å². The van der Waals surface area contributed by atoms with E-state index in [1.165, 1.54) is 11.8 Å². The fraction of sp³-hybridized carbons (Fsp3) is 0.200. The maximum Gasteiger partial charge on any atom is 0.250 e. The van der Waals surface area contributed by atoms with Gasteiger partial charge in [0.1, 0.15) is 0 Å². The Balaban J connectivity index is 1.64. The molecule has 156 valence electrons. The van der Waals surface area contributed by atoms with Gasteiger partial charge in [0.05, 0.1) is 16.5 Å². The molecule has 0 aliphatic rings. The Morgan fingerprint density at radius 1 is 1.10 bits per heavy atom. The maximum atomic E-state index is 12.2. The number of nitrogens with one attached hydrogen (secondary N) is 1. The summed E-state index contributed by atoms with van der Waals surface area (Å²) in [4.78, 5) is 12.2. The van der Waals surface area contributed by atoms with Crippen molar-refractivity contribution in [3.8, 4) is 11.4 Å². The standard InChI is InChI=1S/C20H18Cl3N5OS/c1-3-28-19(13-4-6-14(21)7-5-13)26-27-20(28)30-11-18(29)25-24-12(2)16-9-8-15(22)10-17(16)23/h4-10H,3,11H2,1-2H3,(H,25,29)/b24-12+. The number of hydrazone groups is 1. The molecule has 0 unspecified atom stereocenters. The summed E-state index contributed by atoms with van der Waals surface area (Å²) in [5.41, 5.74) is 4.73. The number of benzene rings is 2. The highest BCUT2D eigenvalue weighted by Crippen LogP contribution is 2.25. The molecule has 6 nitrogen and oxygen atoms in total. The van der Waals surface area contributed by atoms with E-state index in [0.717, 1.165) is 11.4 Å². The van der Waals surface area contributed by atoms with E-state index >= 15 is 0 Å². The predicted molar refractivity (Wildman–Crippen MR) is 124 cm³/mol. The fourth-order valence-electron chi connectivity index (χ4n) is 2.64. The Bertz CT molecular complexity index is 1080. The molecular formula is C20H18Cl3N5OS. The van der Waals surface area contributed by atoms with E-state index < -0.39 is 0 Å². The largest absolute Gasteiger partial charge is 0.302 e. The van der Waals surface area contributed by atoms with Crippen molar-refractivity contribution in [2.45, 2.75) is 25.5 Å². The molecule has 1 aromatic heterocycles. The number of amides is 1. The number of carbonyl (C=O) groups is 1. The molecule has 30 heavy (non-hydrogen) atoms. The Labute approximate surface area is 193 Å². The minimum Gasteiger partial charge on any atom is -0.302 e. The number of aromatic nitrogens is 3. The first kappa shape index (κ1) is 22.6. The summed E-state index contributed by atoms with van der Waals surface area (Å²) in [7, 11) is 0. The first-order valence-corrected chi connectivity index (χ1v) is 11.1. The van der Waals surface area contributed by atoms with Crippen molar-refractivity contribution in [3.05, 3.63) is 63.1 Å². The third-order valence-corrected chi connectivity index (χ3v) is 5.90. The van der Waals surface area contributed by atoms with E-state index in [4.69, 9.17) is 34.8 Å². The molecule has 3 rings (SSSR count). The van der Waals surface area contributed by atoms with Crippen LogP contribution in [0.5, 0.6) is 0 Å². The van der Waals surface area contributed by atoms with Crippen LogP contribution in [0.25, 0.3) is 11.4 Å². The van der Waals surface area contributed by atoms with Crippen molar-refractivity contribution >= 4 is 58.2 Å². The molecule has 0 saturated carbocycles. The smallest absolute Gasteiger partial charge is 0.250 e. The Kier molecular flexibility index (Phi) is 7.77. The number of nitrogens with zero attached hydrogens (tertiary/aromatic N) is 4. The lowest BCUT2D eigenvalue weighted by atomic mass is 10.1. The van der Waals surface area contributed by atoms with Gasteiger partial charge in [-0.25, -0.2) is 5.43 Å². The molecule has 0 atom stereocenters. The highest BCUT2D eigenvalue weighted by molar-refractivity contribution is 7.99. The molecule has 0 fully saturated rings. The van der Waals surface area contributed by atoms with Gasteiger partial charge in [0.25, 0.3) is 5.91 Å². The van der Waals surface area contributed by atoms with Gasteiger partial charge >= 0.3 is 0 Å². The summed E-state index contributed by atoms with van der Waals surface area (Å²) < 4.78 is 1.95. The summed E-state index contributed by atoms with van der Waals surface area (Å²) >= 11 is 19.3. The van der Waals surface area contributed by atoms with E-state index in [1.807, 2.05) is 23.6 Å². The van der Waals surface area contributed by atoms with Crippen molar-refractivity contribution < 1.29 is 4.79 Å². The number of hydrogen-bond donors (Lipinski definition) is 1. The lowest BCUT2D eigenvalue weighted by Gasteiger charge is -2.07. The molecule has 2 aromatic carbocycles. The van der Waals surface area contributed by atoms with Crippen LogP contribution in [0, 0.1) is 0 Å². The average molecular weight is 483 g/mol. The van der Waals surface area contributed by atoms with Crippen molar-refractivity contribution in [1.82, 2.24) is 20.2 Å². The van der Waals surface area contributed by atoms with Crippen LogP contribution in [-0.2, 0) is 11.3 Å². The first-order chi connectivity index (χ1) is 14.4. The van der Waals surface area contributed by atoms with Crippen molar-refractivity contribution in [2.75, 3.05) is 5.75 Å². The molecule has 0 bridgehead atoms. The minimum absolute atomic E-state index is 0.143. The van der Waals surface area contributed by atoms with Gasteiger partial charge in [-0.3, -0.25) is 4.79 Å². The van der Waals surface area contributed by atoms with Crippen molar-refractivity contribution in [2.24, 2.45) is 5.10 Å². The second kappa shape index (κ2) is 10.3. The molecule has 1 heterocycles. The van der Waals surface area contributed by atoms with Crippen LogP contribution in [0.15, 0.2) is 52.7 Å². The zero-order chi connectivity index (χ0) is 21.7. The molecule has 0 aliphatic heterocycles. The molecule has 1 amide bonds. The number of hydrogen-bond acceptors (Lipinski definition) is 5. The normalized spacial score (nSPS) is 11.6. The van der Waals surface area contributed by atoms with Crippen LogP contribution in [0.1, 0.15) is 19.4 Å². The van der Waals surface area contributed by atoms with Crippen LogP contribution >= 0.6 is 46.6 Å². The monoisotopic (exact) mass is 481 g/mol. The van der Waals surface area contributed by atoms with Gasteiger partial charge in [-0.2, -0.15) is 5.10 Å². The summed E-state index contributed by atoms with van der Waals surface area (Å²) in [6, 6.07) is 12.5. The quantitative estimate of drug-likeness (QED) is 0.272. The third kappa shape index (κ3) is 5.55. The van der Waals surface area contributed by atoms with Crippen molar-refractivity contribution in [3.63, 3.8) is 0 Å². The zero-order valence-corrected chi connectivity index (χ0v) is 19.3. The number of carbonyl (C=O) groups excluding carboxylic acids is 1. The van der Waals surface area contributed by atoms with E-state index in [0.29, 0.717) is 38.0 Å². The number of thioether (sulfide) groups is 1. The molecule has 0 radical (unpaired) electrons. The number of halogens is 3. The van der Waals surface area contributed by atoms with Crippen LogP contribution in [0.4, 0.5) is 0 Å². The van der Waals surface area contributed by atoms with Crippen molar-refractivity contribution in [1.29, 1.82) is 0 Å². The Morgan fingerprint density at radius 3 is 2.47 bits per heavy atom. The van der Waals surface area contributed by atoms with Gasteiger partial charge < -0.3 is 4.57 Å². The molecule has 0 saturated heterocycles. The van der Waals surface area contributed by atoms with Crippen LogP contribution < -0.4 is 5.43 Å². The maximum absolute atomic E-state index is 12.2. The van der Waals surface area contributed by atoms with E-state index in [9.17, 15) is 4.79 Å². The summed E-state index contributed by atoms with van der Waals surface area (Å²) in [6.07, 6.45) is 0. The van der Waals surface area contributed by atoms with Crippen LogP contribution in [0.3, 0.4) is 0 Å². The topological polar surface area (TPSA) is 72.2 Å². The SMILES string of the molecule is CCn1c(SCC(=O)N/N=C(\C)c2ccc(Cl)cc2Cl)nnc1-c1ccc(Cl)cc1. The number of rotatable bonds is 7. The Hall–Kier alpha value is -2.06. The third-order valence-electron chi connectivity index (χ3n) is 4.14. The fourth-order valence-corrected chi connectivity index (χ4v) is 4.11. The summed E-state index contributed by atoms with van der Waals surface area (Å²) in [5, 5.41) is 14.9. The second-order valence-corrected chi connectivity index (χ2v) is 8.42. The van der Waals surface area contributed by atoms with E-state index in [2.05, 4.69) is 20.7 Å². The molecular weight excluding hydrogens is 465 g/mol. The summed E-state index contributed by atoms with van der Waals surface area (Å²) in [5.74, 6) is 0.607. The van der Waals surface area contributed by atoms with Gasteiger partial charge in [0, 0.05) is 27.7 Å². The Morgan fingerprint density at radius 2 is 1.80 bits per heavy atom. The zero-order valence-electron chi connectivity index (χ0n) is 16.2. The second-order valence-electron chi connectivity index (χ2n) is 6.20. The minimum atomic E-state index is -0.261. The summed E-state index contributed by atoms with van der Waals surface area (Å²) in [6.45, 7) is 4.42. The van der Waals surface area contributed by atoms with Gasteiger partial charge in [0.2, 0.25) is 0 Å². The van der Waals surface area contributed by atoms with Gasteiger partial charge in [-0.15, -0.1) is 10.2 Å². The van der Waals surface area contributed by atoms with Gasteiger partial charge in [0.15, 0.2) is 11.0 Å². The van der Waals surface area contributed by atoms with Gasteiger partial charge in [-0.05, 0) is 50.2 Å². The highest BCUT2D eigenvalue weighted by Gasteiger charge is 2.14. The lowest BCUT2D eigenvalue weighted by Crippen LogP contribution is -2.21. The lowest BCUT2D eigenvalue weighted by molar-refractivity contribution is -0.118. The molecule has 0 aliphatic carbocycles. The predicted octanol–water partition coefficient (Wildman–Crippen LogP) is 5.56.